The Kier molecular flexibility index (Phi) is 4.93. The van der Waals surface area contributed by atoms with Gasteiger partial charge in [0.2, 0.25) is 0 Å². The first-order valence-electron chi connectivity index (χ1n) is 10.8. The Hall–Kier alpha value is -2.35. The summed E-state index contributed by atoms with van der Waals surface area (Å²) in [5.41, 5.74) is 3.03. The standard InChI is InChI=1S/C27H32O2/c1-26(2,3)23-8-6-19-14-20-7-9-24(17-22(20)15-21(19)16-23)27(4)12-10-18(11-13-27)25(28)29-5/h6-9,14-18H,10-13H2,1-5H3. The molecule has 0 bridgehead atoms. The van der Waals surface area contributed by atoms with Crippen LogP contribution in [0.4, 0.5) is 0 Å². The van der Waals surface area contributed by atoms with E-state index in [-0.39, 0.29) is 22.7 Å². The van der Waals surface area contributed by atoms with Crippen LogP contribution in [0.15, 0.2) is 48.5 Å². The smallest absolute Gasteiger partial charge is 0.308 e. The number of hydrogen-bond acceptors (Lipinski definition) is 2. The number of benzene rings is 3. The largest absolute Gasteiger partial charge is 0.469 e. The monoisotopic (exact) mass is 388 g/mol. The van der Waals surface area contributed by atoms with Crippen molar-refractivity contribution in [1.29, 1.82) is 0 Å². The fraction of sp³-hybridized carbons (Fsp3) is 0.444. The van der Waals surface area contributed by atoms with Crippen molar-refractivity contribution in [2.45, 2.75) is 64.2 Å². The number of fused-ring (bicyclic) bond motifs is 2. The zero-order chi connectivity index (χ0) is 20.8. The van der Waals surface area contributed by atoms with Crippen LogP contribution in [-0.4, -0.2) is 13.1 Å². The van der Waals surface area contributed by atoms with E-state index in [1.165, 1.54) is 39.8 Å². The molecule has 0 radical (unpaired) electrons. The van der Waals surface area contributed by atoms with Gasteiger partial charge in [0.15, 0.2) is 0 Å². The molecule has 1 fully saturated rings. The summed E-state index contributed by atoms with van der Waals surface area (Å²) in [5, 5.41) is 5.19. The summed E-state index contributed by atoms with van der Waals surface area (Å²) >= 11 is 0. The first kappa shape index (κ1) is 19.9. The van der Waals surface area contributed by atoms with Gasteiger partial charge in [0.05, 0.1) is 13.0 Å². The molecule has 29 heavy (non-hydrogen) atoms. The zero-order valence-electron chi connectivity index (χ0n) is 18.3. The topological polar surface area (TPSA) is 26.3 Å². The van der Waals surface area contributed by atoms with Gasteiger partial charge in [0.1, 0.15) is 0 Å². The highest BCUT2D eigenvalue weighted by Gasteiger charge is 2.35. The van der Waals surface area contributed by atoms with Gasteiger partial charge in [-0.3, -0.25) is 4.79 Å². The first-order chi connectivity index (χ1) is 13.7. The molecule has 3 aromatic rings. The van der Waals surface area contributed by atoms with E-state index in [2.05, 4.69) is 76.2 Å². The lowest BCUT2D eigenvalue weighted by Crippen LogP contribution is -2.32. The van der Waals surface area contributed by atoms with E-state index in [4.69, 9.17) is 4.74 Å². The number of carbonyl (C=O) groups excluding carboxylic acids is 1. The van der Waals surface area contributed by atoms with Crippen molar-refractivity contribution in [2.24, 2.45) is 5.92 Å². The zero-order valence-corrected chi connectivity index (χ0v) is 18.3. The average Bonchev–Trinajstić information content (AvgIpc) is 2.70. The fourth-order valence-corrected chi connectivity index (χ4v) is 4.79. The Morgan fingerprint density at radius 2 is 1.48 bits per heavy atom. The van der Waals surface area contributed by atoms with Crippen LogP contribution in [0.25, 0.3) is 21.5 Å². The Bertz CT molecular complexity index is 1060. The number of carbonyl (C=O) groups is 1. The van der Waals surface area contributed by atoms with E-state index in [9.17, 15) is 4.79 Å². The summed E-state index contributed by atoms with van der Waals surface area (Å²) in [4.78, 5) is 11.9. The Morgan fingerprint density at radius 3 is 2.10 bits per heavy atom. The second-order valence-electron chi connectivity index (χ2n) is 10.1. The molecule has 2 heteroatoms. The highest BCUT2D eigenvalue weighted by Crippen LogP contribution is 2.42. The van der Waals surface area contributed by atoms with Crippen molar-refractivity contribution in [1.82, 2.24) is 0 Å². The molecular formula is C27H32O2. The van der Waals surface area contributed by atoms with Crippen molar-refractivity contribution in [2.75, 3.05) is 7.11 Å². The van der Waals surface area contributed by atoms with E-state index in [1.54, 1.807) is 0 Å². The molecule has 0 spiro atoms. The van der Waals surface area contributed by atoms with E-state index in [0.29, 0.717) is 0 Å². The molecule has 0 saturated heterocycles. The fourth-order valence-electron chi connectivity index (χ4n) is 4.79. The summed E-state index contributed by atoms with van der Waals surface area (Å²) in [7, 11) is 1.49. The summed E-state index contributed by atoms with van der Waals surface area (Å²) in [5.74, 6) is 0.0139. The van der Waals surface area contributed by atoms with Crippen LogP contribution >= 0.6 is 0 Å². The molecular weight excluding hydrogens is 356 g/mol. The number of methoxy groups -OCH3 is 1. The molecule has 0 heterocycles. The van der Waals surface area contributed by atoms with Gasteiger partial charge < -0.3 is 4.74 Å². The molecule has 0 N–H and O–H groups in total. The predicted octanol–water partition coefficient (Wildman–Crippen LogP) is 6.91. The maximum atomic E-state index is 11.9. The lowest BCUT2D eigenvalue weighted by atomic mass is 9.68. The summed E-state index contributed by atoms with van der Waals surface area (Å²) in [6.07, 6.45) is 3.88. The molecule has 2 nitrogen and oxygen atoms in total. The van der Waals surface area contributed by atoms with Gasteiger partial charge in [-0.15, -0.1) is 0 Å². The average molecular weight is 389 g/mol. The van der Waals surface area contributed by atoms with E-state index < -0.39 is 0 Å². The van der Waals surface area contributed by atoms with Gasteiger partial charge in [-0.1, -0.05) is 64.1 Å². The van der Waals surface area contributed by atoms with Crippen molar-refractivity contribution >= 4 is 27.5 Å². The Labute approximate surface area is 174 Å². The van der Waals surface area contributed by atoms with Crippen LogP contribution in [0.2, 0.25) is 0 Å². The molecule has 152 valence electrons. The Balaban J connectivity index is 1.69. The van der Waals surface area contributed by atoms with Crippen LogP contribution in [-0.2, 0) is 20.4 Å². The highest BCUT2D eigenvalue weighted by molar-refractivity contribution is 5.98. The maximum Gasteiger partial charge on any atom is 0.308 e. The second kappa shape index (κ2) is 7.16. The lowest BCUT2D eigenvalue weighted by Gasteiger charge is -2.37. The van der Waals surface area contributed by atoms with E-state index >= 15 is 0 Å². The lowest BCUT2D eigenvalue weighted by molar-refractivity contribution is -0.146. The molecule has 1 aliphatic carbocycles. The molecule has 0 amide bonds. The van der Waals surface area contributed by atoms with Gasteiger partial charge in [-0.25, -0.2) is 0 Å². The molecule has 0 aromatic heterocycles. The van der Waals surface area contributed by atoms with Crippen molar-refractivity contribution in [3.05, 3.63) is 59.7 Å². The van der Waals surface area contributed by atoms with Crippen molar-refractivity contribution in [3.63, 3.8) is 0 Å². The molecule has 3 aromatic carbocycles. The molecule has 0 unspecified atom stereocenters. The van der Waals surface area contributed by atoms with Gasteiger partial charge in [0, 0.05) is 0 Å². The third kappa shape index (κ3) is 3.77. The second-order valence-corrected chi connectivity index (χ2v) is 10.1. The van der Waals surface area contributed by atoms with Crippen LogP contribution in [0.5, 0.6) is 0 Å². The summed E-state index contributed by atoms with van der Waals surface area (Å²) in [6, 6.07) is 18.4. The van der Waals surface area contributed by atoms with Crippen molar-refractivity contribution < 1.29 is 9.53 Å². The maximum absolute atomic E-state index is 11.9. The van der Waals surface area contributed by atoms with E-state index in [1.807, 2.05) is 0 Å². The number of rotatable bonds is 2. The normalized spacial score (nSPS) is 22.7. The SMILES string of the molecule is COC(=O)C1CCC(C)(c2ccc3cc4ccc(C(C)(C)C)cc4cc3c2)CC1. The highest BCUT2D eigenvalue weighted by atomic mass is 16.5. The minimum atomic E-state index is -0.0494. The van der Waals surface area contributed by atoms with Gasteiger partial charge in [-0.2, -0.15) is 0 Å². The minimum absolute atomic E-state index is 0.0494. The van der Waals surface area contributed by atoms with Crippen LogP contribution in [0.3, 0.4) is 0 Å². The van der Waals surface area contributed by atoms with Crippen LogP contribution < -0.4 is 0 Å². The van der Waals surface area contributed by atoms with E-state index in [0.717, 1.165) is 25.7 Å². The number of esters is 1. The Morgan fingerprint density at radius 1 is 0.897 bits per heavy atom. The molecule has 1 aliphatic rings. The minimum Gasteiger partial charge on any atom is -0.469 e. The quantitative estimate of drug-likeness (QED) is 0.352. The number of hydrogen-bond donors (Lipinski definition) is 0. The van der Waals surface area contributed by atoms with Gasteiger partial charge in [-0.05, 0) is 81.3 Å². The summed E-state index contributed by atoms with van der Waals surface area (Å²) in [6.45, 7) is 9.14. The van der Waals surface area contributed by atoms with Crippen LogP contribution in [0.1, 0.15) is 64.5 Å². The molecule has 4 rings (SSSR count). The molecule has 1 saturated carbocycles. The number of ether oxygens (including phenoxy) is 1. The molecule has 0 atom stereocenters. The van der Waals surface area contributed by atoms with Crippen molar-refractivity contribution in [3.8, 4) is 0 Å². The van der Waals surface area contributed by atoms with Crippen LogP contribution in [0, 0.1) is 5.92 Å². The third-order valence-corrected chi connectivity index (χ3v) is 6.98. The molecule has 0 aliphatic heterocycles. The third-order valence-electron chi connectivity index (χ3n) is 6.98. The van der Waals surface area contributed by atoms with Gasteiger partial charge in [0.25, 0.3) is 0 Å². The predicted molar refractivity (Wildman–Crippen MR) is 121 cm³/mol. The van der Waals surface area contributed by atoms with Gasteiger partial charge >= 0.3 is 5.97 Å². The first-order valence-corrected chi connectivity index (χ1v) is 10.8. The summed E-state index contributed by atoms with van der Waals surface area (Å²) < 4.78 is 4.96.